The lowest BCUT2D eigenvalue weighted by atomic mass is 9.86. The van der Waals surface area contributed by atoms with Crippen molar-refractivity contribution in [3.8, 4) is 0 Å². The van der Waals surface area contributed by atoms with Crippen LogP contribution in [-0.4, -0.2) is 17.7 Å². The van der Waals surface area contributed by atoms with Crippen molar-refractivity contribution in [2.45, 2.75) is 46.6 Å². The van der Waals surface area contributed by atoms with Crippen molar-refractivity contribution in [2.75, 3.05) is 0 Å². The van der Waals surface area contributed by atoms with E-state index in [-0.39, 0.29) is 23.7 Å². The number of Topliss-reactive ketones (excluding diaryl/α,β-unsaturated/α-hetero) is 1. The predicted octanol–water partition coefficient (Wildman–Crippen LogP) is 2.63. The minimum atomic E-state index is -0.173. The normalized spacial score (nSPS) is 22.8. The maximum atomic E-state index is 11.9. The Bertz CT molecular complexity index is 380. The summed E-state index contributed by atoms with van der Waals surface area (Å²) in [5, 5.41) is 2.99. The first-order valence-electron chi connectivity index (χ1n) is 6.66. The van der Waals surface area contributed by atoms with Gasteiger partial charge in [0.2, 0.25) is 5.91 Å². The molecule has 100 valence electrons. The fourth-order valence-corrected chi connectivity index (χ4v) is 2.12. The highest BCUT2D eigenvalue weighted by Gasteiger charge is 2.27. The second-order valence-electron chi connectivity index (χ2n) is 5.29. The number of nitrogens with one attached hydrogen (secondary N) is 1. The maximum Gasteiger partial charge on any atom is 0.220 e. The number of carbonyl (C=O) groups excluding carboxylic acids is 2. The number of carbonyl (C=O) groups is 2. The first kappa shape index (κ1) is 14.7. The molecule has 0 saturated heterocycles. The van der Waals surface area contributed by atoms with Gasteiger partial charge in [-0.05, 0) is 11.8 Å². The van der Waals surface area contributed by atoms with Gasteiger partial charge in [0.15, 0.2) is 5.78 Å². The Balaban J connectivity index is 2.77. The summed E-state index contributed by atoms with van der Waals surface area (Å²) in [5.41, 5.74) is 0.726. The Morgan fingerprint density at radius 1 is 1.39 bits per heavy atom. The Hall–Kier alpha value is -1.38. The van der Waals surface area contributed by atoms with E-state index in [2.05, 4.69) is 5.32 Å². The lowest BCUT2D eigenvalue weighted by Gasteiger charge is -2.27. The van der Waals surface area contributed by atoms with Gasteiger partial charge in [-0.3, -0.25) is 9.59 Å². The van der Waals surface area contributed by atoms with Gasteiger partial charge in [0, 0.05) is 18.4 Å². The standard InChI is InChI=1S/C15H23NO2/c1-5-13(17)12-8-6-7-11(4)15(12)16-14(18)9-10(2)3/h6-8,10-11,15H,5,9H2,1-4H3,(H,16,18). The molecule has 0 heterocycles. The summed E-state index contributed by atoms with van der Waals surface area (Å²) in [5.74, 6) is 0.623. The molecule has 2 unspecified atom stereocenters. The molecule has 3 heteroatoms. The van der Waals surface area contributed by atoms with Crippen molar-refractivity contribution in [1.82, 2.24) is 5.32 Å². The van der Waals surface area contributed by atoms with Gasteiger partial charge in [-0.2, -0.15) is 0 Å². The van der Waals surface area contributed by atoms with E-state index in [1.54, 1.807) is 0 Å². The summed E-state index contributed by atoms with van der Waals surface area (Å²) in [7, 11) is 0. The van der Waals surface area contributed by atoms with Crippen molar-refractivity contribution >= 4 is 11.7 Å². The molecular formula is C15H23NO2. The molecule has 1 N–H and O–H groups in total. The molecule has 1 rings (SSSR count). The largest absolute Gasteiger partial charge is 0.349 e. The second kappa shape index (κ2) is 6.53. The van der Waals surface area contributed by atoms with Crippen LogP contribution in [0.4, 0.5) is 0 Å². The van der Waals surface area contributed by atoms with E-state index in [0.717, 1.165) is 5.57 Å². The summed E-state index contributed by atoms with van der Waals surface area (Å²) >= 11 is 0. The molecule has 1 amide bonds. The Morgan fingerprint density at radius 2 is 2.06 bits per heavy atom. The van der Waals surface area contributed by atoms with Gasteiger partial charge in [0.05, 0.1) is 6.04 Å². The number of hydrogen-bond donors (Lipinski definition) is 1. The van der Waals surface area contributed by atoms with Crippen LogP contribution in [0.2, 0.25) is 0 Å². The number of amides is 1. The molecule has 18 heavy (non-hydrogen) atoms. The quantitative estimate of drug-likeness (QED) is 0.814. The molecule has 0 radical (unpaired) electrons. The zero-order valence-electron chi connectivity index (χ0n) is 11.7. The topological polar surface area (TPSA) is 46.2 Å². The van der Waals surface area contributed by atoms with Crippen molar-refractivity contribution in [2.24, 2.45) is 11.8 Å². The smallest absolute Gasteiger partial charge is 0.220 e. The lowest BCUT2D eigenvalue weighted by Crippen LogP contribution is -2.43. The molecule has 0 bridgehead atoms. The molecule has 0 aromatic carbocycles. The summed E-state index contributed by atoms with van der Waals surface area (Å²) in [6, 6.07) is -0.173. The molecule has 0 aromatic heterocycles. The van der Waals surface area contributed by atoms with Gasteiger partial charge in [-0.25, -0.2) is 0 Å². The van der Waals surface area contributed by atoms with E-state index in [1.807, 2.05) is 45.9 Å². The van der Waals surface area contributed by atoms with Crippen LogP contribution in [0.15, 0.2) is 23.8 Å². The summed E-state index contributed by atoms with van der Waals surface area (Å²) in [6.07, 6.45) is 6.72. The van der Waals surface area contributed by atoms with Gasteiger partial charge in [-0.15, -0.1) is 0 Å². The van der Waals surface area contributed by atoms with Crippen molar-refractivity contribution in [3.05, 3.63) is 23.8 Å². The minimum Gasteiger partial charge on any atom is -0.349 e. The summed E-state index contributed by atoms with van der Waals surface area (Å²) < 4.78 is 0. The number of hydrogen-bond acceptors (Lipinski definition) is 2. The van der Waals surface area contributed by atoms with E-state index in [1.165, 1.54) is 0 Å². The number of allylic oxidation sites excluding steroid dienone is 2. The lowest BCUT2D eigenvalue weighted by molar-refractivity contribution is -0.122. The van der Waals surface area contributed by atoms with E-state index >= 15 is 0 Å². The van der Waals surface area contributed by atoms with Gasteiger partial charge >= 0.3 is 0 Å². The molecular weight excluding hydrogens is 226 g/mol. The highest BCUT2D eigenvalue weighted by molar-refractivity contribution is 5.97. The van der Waals surface area contributed by atoms with E-state index in [4.69, 9.17) is 0 Å². The van der Waals surface area contributed by atoms with E-state index in [0.29, 0.717) is 18.8 Å². The highest BCUT2D eigenvalue weighted by atomic mass is 16.2. The molecule has 0 saturated carbocycles. The highest BCUT2D eigenvalue weighted by Crippen LogP contribution is 2.21. The fraction of sp³-hybridized carbons (Fsp3) is 0.600. The molecule has 2 atom stereocenters. The average molecular weight is 249 g/mol. The zero-order chi connectivity index (χ0) is 13.7. The van der Waals surface area contributed by atoms with E-state index < -0.39 is 0 Å². The maximum absolute atomic E-state index is 11.9. The molecule has 0 aliphatic heterocycles. The van der Waals surface area contributed by atoms with Crippen LogP contribution in [0.25, 0.3) is 0 Å². The Kier molecular flexibility index (Phi) is 5.32. The molecule has 3 nitrogen and oxygen atoms in total. The van der Waals surface area contributed by atoms with Gasteiger partial charge in [-0.1, -0.05) is 45.9 Å². The van der Waals surface area contributed by atoms with Crippen LogP contribution < -0.4 is 5.32 Å². The number of rotatable bonds is 5. The first-order valence-corrected chi connectivity index (χ1v) is 6.66. The molecule has 0 aromatic rings. The van der Waals surface area contributed by atoms with Crippen molar-refractivity contribution < 1.29 is 9.59 Å². The minimum absolute atomic E-state index is 0.0203. The van der Waals surface area contributed by atoms with Crippen molar-refractivity contribution in [3.63, 3.8) is 0 Å². The Labute approximate surface area is 109 Å². The summed E-state index contributed by atoms with van der Waals surface area (Å²) in [6.45, 7) is 7.89. The van der Waals surface area contributed by atoms with Crippen LogP contribution in [0.3, 0.4) is 0 Å². The van der Waals surface area contributed by atoms with Crippen LogP contribution in [0.5, 0.6) is 0 Å². The van der Waals surface area contributed by atoms with Gasteiger partial charge in [0.25, 0.3) is 0 Å². The molecule has 0 spiro atoms. The second-order valence-corrected chi connectivity index (χ2v) is 5.29. The monoisotopic (exact) mass is 249 g/mol. The molecule has 0 fully saturated rings. The third-order valence-corrected chi connectivity index (χ3v) is 3.10. The zero-order valence-corrected chi connectivity index (χ0v) is 11.7. The molecule has 1 aliphatic rings. The summed E-state index contributed by atoms with van der Waals surface area (Å²) in [4.78, 5) is 23.7. The van der Waals surface area contributed by atoms with Crippen LogP contribution in [0.1, 0.15) is 40.5 Å². The fourth-order valence-electron chi connectivity index (χ4n) is 2.12. The average Bonchev–Trinajstić information content (AvgIpc) is 2.29. The van der Waals surface area contributed by atoms with Crippen LogP contribution in [0, 0.1) is 11.8 Å². The molecule has 1 aliphatic carbocycles. The third kappa shape index (κ3) is 3.83. The van der Waals surface area contributed by atoms with Crippen LogP contribution >= 0.6 is 0 Å². The van der Waals surface area contributed by atoms with Gasteiger partial charge < -0.3 is 5.32 Å². The van der Waals surface area contributed by atoms with Gasteiger partial charge in [0.1, 0.15) is 0 Å². The van der Waals surface area contributed by atoms with Crippen LogP contribution in [-0.2, 0) is 9.59 Å². The van der Waals surface area contributed by atoms with Crippen molar-refractivity contribution in [1.29, 1.82) is 0 Å². The van der Waals surface area contributed by atoms with E-state index in [9.17, 15) is 9.59 Å². The number of ketones is 1. The first-order chi connectivity index (χ1) is 8.45. The Morgan fingerprint density at radius 3 is 2.61 bits per heavy atom. The predicted molar refractivity (Wildman–Crippen MR) is 73.1 cm³/mol. The third-order valence-electron chi connectivity index (χ3n) is 3.10. The SMILES string of the molecule is CCC(=O)C1=CC=CC(C)C1NC(=O)CC(C)C.